The summed E-state index contributed by atoms with van der Waals surface area (Å²) in [6.07, 6.45) is 4.04. The van der Waals surface area contributed by atoms with Gasteiger partial charge in [-0.1, -0.05) is 18.2 Å². The first-order valence-corrected chi connectivity index (χ1v) is 8.73. The van der Waals surface area contributed by atoms with E-state index >= 15 is 0 Å². The number of carbonyl (C=O) groups is 2. The van der Waals surface area contributed by atoms with Gasteiger partial charge < -0.3 is 14.7 Å². The van der Waals surface area contributed by atoms with Crippen molar-refractivity contribution in [3.05, 3.63) is 35.4 Å². The van der Waals surface area contributed by atoms with Gasteiger partial charge in [0.15, 0.2) is 0 Å². The van der Waals surface area contributed by atoms with E-state index in [-0.39, 0.29) is 12.5 Å². The van der Waals surface area contributed by atoms with Crippen molar-refractivity contribution in [2.75, 3.05) is 13.7 Å². The van der Waals surface area contributed by atoms with Gasteiger partial charge >= 0.3 is 11.9 Å². The summed E-state index contributed by atoms with van der Waals surface area (Å²) < 4.78 is 5.12. The van der Waals surface area contributed by atoms with Gasteiger partial charge in [-0.25, -0.2) is 4.79 Å². The number of hydrogen-bond acceptors (Lipinski definition) is 4. The van der Waals surface area contributed by atoms with Crippen molar-refractivity contribution < 1.29 is 19.4 Å². The number of hydrogen-bond donors (Lipinski definition) is 1. The Kier molecular flexibility index (Phi) is 4.90. The van der Waals surface area contributed by atoms with E-state index in [2.05, 4.69) is 11.9 Å². The number of fused-ring (bicyclic) bond motifs is 2. The van der Waals surface area contributed by atoms with Crippen LogP contribution in [-0.2, 0) is 9.53 Å². The Morgan fingerprint density at radius 3 is 2.46 bits per heavy atom. The van der Waals surface area contributed by atoms with E-state index in [1.54, 1.807) is 31.2 Å². The Labute approximate surface area is 142 Å². The molecular weight excluding hydrogens is 306 g/mol. The predicted molar refractivity (Wildman–Crippen MR) is 90.1 cm³/mol. The third kappa shape index (κ3) is 3.05. The van der Waals surface area contributed by atoms with Crippen LogP contribution in [0, 0.1) is 5.92 Å². The van der Waals surface area contributed by atoms with E-state index < -0.39 is 17.9 Å². The molecule has 130 valence electrons. The number of piperidine rings is 1. The Hall–Kier alpha value is -1.88. The maximum absolute atomic E-state index is 12.2. The molecule has 2 bridgehead atoms. The van der Waals surface area contributed by atoms with E-state index in [9.17, 15) is 14.7 Å². The van der Waals surface area contributed by atoms with Crippen LogP contribution in [0.1, 0.15) is 54.4 Å². The van der Waals surface area contributed by atoms with Crippen LogP contribution >= 0.6 is 0 Å². The van der Waals surface area contributed by atoms with Crippen molar-refractivity contribution in [1.29, 1.82) is 0 Å². The van der Waals surface area contributed by atoms with E-state index in [0.717, 1.165) is 25.7 Å². The lowest BCUT2D eigenvalue weighted by Crippen LogP contribution is -2.42. The van der Waals surface area contributed by atoms with Crippen LogP contribution < -0.4 is 0 Å². The molecule has 3 rings (SSSR count). The summed E-state index contributed by atoms with van der Waals surface area (Å²) in [5.41, 5.74) is 0.982. The van der Waals surface area contributed by atoms with Crippen LogP contribution in [0.15, 0.2) is 24.3 Å². The second kappa shape index (κ2) is 6.93. The molecule has 0 aliphatic carbocycles. The maximum Gasteiger partial charge on any atom is 0.338 e. The van der Waals surface area contributed by atoms with E-state index in [4.69, 9.17) is 4.74 Å². The molecule has 0 spiro atoms. The molecule has 1 aromatic rings. The molecule has 2 aliphatic rings. The number of ether oxygens (including phenoxy) is 1. The summed E-state index contributed by atoms with van der Waals surface area (Å²) in [5.74, 6) is -1.87. The first-order valence-electron chi connectivity index (χ1n) is 8.73. The SMILES string of the molecule is CCOC(=O)c1ccccc1C(C(=O)O)C1CC2CCC(C1)N2C. The molecule has 5 heteroatoms. The number of esters is 1. The average Bonchev–Trinajstić information content (AvgIpc) is 2.77. The monoisotopic (exact) mass is 331 g/mol. The van der Waals surface area contributed by atoms with Gasteiger partial charge in [0.25, 0.3) is 0 Å². The Morgan fingerprint density at radius 2 is 1.88 bits per heavy atom. The lowest BCUT2D eigenvalue weighted by molar-refractivity contribution is -0.141. The van der Waals surface area contributed by atoms with Crippen LogP contribution in [0.3, 0.4) is 0 Å². The topological polar surface area (TPSA) is 66.8 Å². The van der Waals surface area contributed by atoms with Gasteiger partial charge in [0.05, 0.1) is 18.1 Å². The number of carboxylic acid groups (broad SMARTS) is 1. The van der Waals surface area contributed by atoms with Crippen LogP contribution in [-0.4, -0.2) is 47.7 Å². The zero-order chi connectivity index (χ0) is 17.3. The fraction of sp³-hybridized carbons (Fsp3) is 0.579. The van der Waals surface area contributed by atoms with Crippen molar-refractivity contribution in [3.8, 4) is 0 Å². The fourth-order valence-corrected chi connectivity index (χ4v) is 4.48. The second-order valence-electron chi connectivity index (χ2n) is 6.91. The minimum Gasteiger partial charge on any atom is -0.481 e. The molecule has 3 atom stereocenters. The van der Waals surface area contributed by atoms with Gasteiger partial charge in [-0.3, -0.25) is 4.79 Å². The lowest BCUT2D eigenvalue weighted by atomic mass is 9.76. The third-order valence-corrected chi connectivity index (χ3v) is 5.66. The Balaban J connectivity index is 1.93. The summed E-state index contributed by atoms with van der Waals surface area (Å²) in [5, 5.41) is 9.91. The number of carboxylic acids is 1. The predicted octanol–water partition coefficient (Wildman–Crippen LogP) is 2.90. The Bertz CT molecular complexity index is 616. The van der Waals surface area contributed by atoms with Crippen LogP contribution in [0.2, 0.25) is 0 Å². The Morgan fingerprint density at radius 1 is 1.25 bits per heavy atom. The second-order valence-corrected chi connectivity index (χ2v) is 6.91. The van der Waals surface area contributed by atoms with Crippen molar-refractivity contribution in [3.63, 3.8) is 0 Å². The van der Waals surface area contributed by atoms with Crippen molar-refractivity contribution in [2.45, 2.75) is 50.6 Å². The number of carbonyl (C=O) groups excluding carboxylic acids is 1. The normalized spacial score (nSPS) is 27.7. The lowest BCUT2D eigenvalue weighted by Gasteiger charge is -2.39. The standard InChI is InChI=1S/C19H25NO4/c1-3-24-19(23)16-7-5-4-6-15(16)17(18(21)22)12-10-13-8-9-14(11-12)20(13)2/h4-7,12-14,17H,3,8-11H2,1-2H3,(H,21,22). The number of rotatable bonds is 5. The minimum atomic E-state index is -0.847. The molecule has 2 saturated heterocycles. The largest absolute Gasteiger partial charge is 0.481 e. The fourth-order valence-electron chi connectivity index (χ4n) is 4.48. The molecule has 0 amide bonds. The molecule has 2 heterocycles. The molecule has 1 aromatic carbocycles. The van der Waals surface area contributed by atoms with Gasteiger partial charge in [-0.05, 0) is 57.2 Å². The highest BCUT2D eigenvalue weighted by atomic mass is 16.5. The molecule has 3 unspecified atom stereocenters. The summed E-state index contributed by atoms with van der Waals surface area (Å²) >= 11 is 0. The molecule has 2 fully saturated rings. The molecule has 2 aliphatic heterocycles. The highest BCUT2D eigenvalue weighted by molar-refractivity contribution is 5.93. The zero-order valence-corrected chi connectivity index (χ0v) is 14.3. The summed E-state index contributed by atoms with van der Waals surface area (Å²) in [6.45, 7) is 2.03. The maximum atomic E-state index is 12.2. The first kappa shape index (κ1) is 17.0. The van der Waals surface area contributed by atoms with Crippen LogP contribution in [0.5, 0.6) is 0 Å². The van der Waals surface area contributed by atoms with Crippen LogP contribution in [0.4, 0.5) is 0 Å². The van der Waals surface area contributed by atoms with Gasteiger partial charge in [-0.2, -0.15) is 0 Å². The molecule has 1 N–H and O–H groups in total. The van der Waals surface area contributed by atoms with Gasteiger partial charge in [0.1, 0.15) is 0 Å². The zero-order valence-electron chi connectivity index (χ0n) is 14.3. The summed E-state index contributed by atoms with van der Waals surface area (Å²) in [4.78, 5) is 26.7. The van der Waals surface area contributed by atoms with Crippen molar-refractivity contribution in [1.82, 2.24) is 4.90 Å². The molecule has 24 heavy (non-hydrogen) atoms. The van der Waals surface area contributed by atoms with Crippen molar-refractivity contribution in [2.24, 2.45) is 5.92 Å². The summed E-state index contributed by atoms with van der Waals surface area (Å²) in [6, 6.07) is 7.93. The van der Waals surface area contributed by atoms with E-state index in [0.29, 0.717) is 23.2 Å². The highest BCUT2D eigenvalue weighted by Crippen LogP contribution is 2.44. The van der Waals surface area contributed by atoms with Gasteiger partial charge in [0.2, 0.25) is 0 Å². The van der Waals surface area contributed by atoms with Crippen LogP contribution in [0.25, 0.3) is 0 Å². The minimum absolute atomic E-state index is 0.0618. The van der Waals surface area contributed by atoms with Gasteiger partial charge in [0, 0.05) is 12.1 Å². The number of nitrogens with zero attached hydrogens (tertiary/aromatic N) is 1. The highest BCUT2D eigenvalue weighted by Gasteiger charge is 2.44. The summed E-state index contributed by atoms with van der Waals surface area (Å²) in [7, 11) is 2.14. The smallest absolute Gasteiger partial charge is 0.338 e. The molecule has 0 radical (unpaired) electrons. The average molecular weight is 331 g/mol. The first-order chi connectivity index (χ1) is 11.5. The number of benzene rings is 1. The number of aliphatic carboxylic acids is 1. The van der Waals surface area contributed by atoms with E-state index in [1.165, 1.54) is 0 Å². The molecular formula is C19H25NO4. The van der Waals surface area contributed by atoms with E-state index in [1.807, 2.05) is 0 Å². The molecule has 0 aromatic heterocycles. The quantitative estimate of drug-likeness (QED) is 0.840. The van der Waals surface area contributed by atoms with Crippen molar-refractivity contribution >= 4 is 11.9 Å². The van der Waals surface area contributed by atoms with Gasteiger partial charge in [-0.15, -0.1) is 0 Å². The third-order valence-electron chi connectivity index (χ3n) is 5.66. The molecule has 0 saturated carbocycles. The molecule has 5 nitrogen and oxygen atoms in total.